The summed E-state index contributed by atoms with van der Waals surface area (Å²) in [6.07, 6.45) is 1.41. The van der Waals surface area contributed by atoms with Crippen LogP contribution in [0.1, 0.15) is 0 Å². The van der Waals surface area contributed by atoms with Gasteiger partial charge in [-0.2, -0.15) is 0 Å². The maximum atomic E-state index is 11.1. The first-order chi connectivity index (χ1) is 8.22. The molecule has 0 aromatic carbocycles. The van der Waals surface area contributed by atoms with Crippen LogP contribution in [-0.4, -0.2) is 35.7 Å². The quantitative estimate of drug-likeness (QED) is 0.801. The number of esters is 1. The zero-order valence-corrected chi connectivity index (χ0v) is 9.94. The van der Waals surface area contributed by atoms with Gasteiger partial charge in [-0.1, -0.05) is 0 Å². The Morgan fingerprint density at radius 1 is 1.59 bits per heavy atom. The van der Waals surface area contributed by atoms with Gasteiger partial charge in [-0.25, -0.2) is 9.97 Å². The van der Waals surface area contributed by atoms with E-state index in [9.17, 15) is 4.79 Å². The number of nitrogens with zero attached hydrogens (tertiary/aromatic N) is 2. The molecule has 7 heteroatoms. The number of fused-ring (bicyclic) bond motifs is 1. The molecule has 2 N–H and O–H groups in total. The van der Waals surface area contributed by atoms with Crippen molar-refractivity contribution in [1.29, 1.82) is 0 Å². The maximum Gasteiger partial charge on any atom is 0.326 e. The van der Waals surface area contributed by atoms with Crippen LogP contribution in [0.5, 0.6) is 5.88 Å². The van der Waals surface area contributed by atoms with Crippen molar-refractivity contribution >= 4 is 27.5 Å². The zero-order chi connectivity index (χ0) is 12.3. The molecule has 90 valence electrons. The minimum atomic E-state index is -0.816. The molecule has 0 saturated heterocycles. The first kappa shape index (κ1) is 11.7. The third-order valence-corrected chi connectivity index (χ3v) is 2.95. The van der Waals surface area contributed by atoms with Crippen LogP contribution in [0.2, 0.25) is 0 Å². The Bertz CT molecular complexity index is 528. The summed E-state index contributed by atoms with van der Waals surface area (Å²) >= 11 is 1.49. The highest BCUT2D eigenvalue weighted by Gasteiger charge is 2.15. The molecule has 2 aromatic rings. The van der Waals surface area contributed by atoms with E-state index in [1.165, 1.54) is 24.8 Å². The highest BCUT2D eigenvalue weighted by atomic mass is 32.1. The number of hydrogen-bond donors (Lipinski definition) is 1. The van der Waals surface area contributed by atoms with E-state index in [-0.39, 0.29) is 6.61 Å². The number of hydrogen-bond acceptors (Lipinski definition) is 7. The SMILES string of the molecule is COC(=O)C(N)COc1ncnc2sccc12. The van der Waals surface area contributed by atoms with Crippen molar-refractivity contribution in [2.75, 3.05) is 13.7 Å². The molecular formula is C10H11N3O3S. The number of carbonyl (C=O) groups excluding carboxylic acids is 1. The van der Waals surface area contributed by atoms with Gasteiger partial charge in [-0.15, -0.1) is 11.3 Å². The van der Waals surface area contributed by atoms with E-state index in [1.807, 2.05) is 11.4 Å². The standard InChI is InChI=1S/C10H11N3O3S/c1-15-10(14)7(11)4-16-8-6-2-3-17-9(6)13-5-12-8/h2-3,5,7H,4,11H2,1H3. The normalized spacial score (nSPS) is 12.4. The van der Waals surface area contributed by atoms with E-state index in [1.54, 1.807) is 0 Å². The summed E-state index contributed by atoms with van der Waals surface area (Å²) in [7, 11) is 1.28. The summed E-state index contributed by atoms with van der Waals surface area (Å²) in [5.74, 6) is -0.0868. The number of thiophene rings is 1. The Kier molecular flexibility index (Phi) is 3.50. The molecule has 0 fully saturated rings. The molecule has 2 rings (SSSR count). The summed E-state index contributed by atoms with van der Waals surface area (Å²) in [6, 6.07) is 1.04. The first-order valence-electron chi connectivity index (χ1n) is 4.86. The molecule has 0 bridgehead atoms. The van der Waals surface area contributed by atoms with E-state index in [0.29, 0.717) is 5.88 Å². The summed E-state index contributed by atoms with van der Waals surface area (Å²) < 4.78 is 9.89. The van der Waals surface area contributed by atoms with E-state index in [2.05, 4.69) is 14.7 Å². The summed E-state index contributed by atoms with van der Waals surface area (Å²) in [4.78, 5) is 20.0. The summed E-state index contributed by atoms with van der Waals surface area (Å²) in [6.45, 7) is 0.0225. The van der Waals surface area contributed by atoms with E-state index >= 15 is 0 Å². The lowest BCUT2D eigenvalue weighted by molar-refractivity contribution is -0.142. The predicted molar refractivity (Wildman–Crippen MR) is 62.9 cm³/mol. The highest BCUT2D eigenvalue weighted by Crippen LogP contribution is 2.25. The van der Waals surface area contributed by atoms with Crippen molar-refractivity contribution < 1.29 is 14.3 Å². The number of rotatable bonds is 4. The molecule has 2 aromatic heterocycles. The van der Waals surface area contributed by atoms with E-state index in [4.69, 9.17) is 10.5 Å². The molecule has 1 atom stereocenters. The van der Waals surface area contributed by atoms with Gasteiger partial charge in [0.2, 0.25) is 5.88 Å². The lowest BCUT2D eigenvalue weighted by Gasteiger charge is -2.10. The van der Waals surface area contributed by atoms with Crippen LogP contribution >= 0.6 is 11.3 Å². The molecule has 0 aliphatic rings. The fourth-order valence-corrected chi connectivity index (χ4v) is 1.99. The Balaban J connectivity index is 2.09. The third kappa shape index (κ3) is 2.51. The van der Waals surface area contributed by atoms with Crippen LogP contribution in [0.25, 0.3) is 10.2 Å². The lowest BCUT2D eigenvalue weighted by atomic mass is 10.3. The van der Waals surface area contributed by atoms with Crippen LogP contribution < -0.4 is 10.5 Å². The van der Waals surface area contributed by atoms with Crippen LogP contribution in [-0.2, 0) is 9.53 Å². The second-order valence-electron chi connectivity index (χ2n) is 3.26. The zero-order valence-electron chi connectivity index (χ0n) is 9.12. The second-order valence-corrected chi connectivity index (χ2v) is 4.15. The molecule has 0 aliphatic carbocycles. The minimum Gasteiger partial charge on any atom is -0.475 e. The van der Waals surface area contributed by atoms with Crippen molar-refractivity contribution in [2.24, 2.45) is 5.73 Å². The minimum absolute atomic E-state index is 0.0225. The van der Waals surface area contributed by atoms with Gasteiger partial charge in [0.15, 0.2) is 0 Å². The average Bonchev–Trinajstić information content (AvgIpc) is 2.83. The average molecular weight is 253 g/mol. The van der Waals surface area contributed by atoms with Crippen LogP contribution in [0.3, 0.4) is 0 Å². The largest absolute Gasteiger partial charge is 0.475 e. The van der Waals surface area contributed by atoms with Gasteiger partial charge in [-0.3, -0.25) is 4.79 Å². The van der Waals surface area contributed by atoms with Gasteiger partial charge >= 0.3 is 5.97 Å². The van der Waals surface area contributed by atoms with Crippen LogP contribution in [0.4, 0.5) is 0 Å². The van der Waals surface area contributed by atoms with Crippen molar-refractivity contribution in [3.8, 4) is 5.88 Å². The lowest BCUT2D eigenvalue weighted by Crippen LogP contribution is -2.37. The fraction of sp³-hybridized carbons (Fsp3) is 0.300. The molecule has 0 saturated carbocycles. The van der Waals surface area contributed by atoms with Gasteiger partial charge < -0.3 is 15.2 Å². The number of aromatic nitrogens is 2. The first-order valence-corrected chi connectivity index (χ1v) is 5.74. The number of methoxy groups -OCH3 is 1. The maximum absolute atomic E-state index is 11.1. The second kappa shape index (κ2) is 5.07. The smallest absolute Gasteiger partial charge is 0.326 e. The molecule has 2 heterocycles. The van der Waals surface area contributed by atoms with Crippen molar-refractivity contribution in [1.82, 2.24) is 9.97 Å². The van der Waals surface area contributed by atoms with Crippen LogP contribution in [0, 0.1) is 0 Å². The molecule has 6 nitrogen and oxygen atoms in total. The van der Waals surface area contributed by atoms with Gasteiger partial charge in [0.1, 0.15) is 23.8 Å². The van der Waals surface area contributed by atoms with Gasteiger partial charge in [0.25, 0.3) is 0 Å². The number of carbonyl (C=O) groups is 1. The Morgan fingerprint density at radius 2 is 2.41 bits per heavy atom. The van der Waals surface area contributed by atoms with Gasteiger partial charge in [0.05, 0.1) is 12.5 Å². The molecular weight excluding hydrogens is 242 g/mol. The summed E-state index contributed by atoms with van der Waals surface area (Å²) in [5.41, 5.74) is 5.55. The third-order valence-electron chi connectivity index (χ3n) is 2.13. The molecule has 1 unspecified atom stereocenters. The topological polar surface area (TPSA) is 87.3 Å². The fourth-order valence-electron chi connectivity index (χ4n) is 1.27. The summed E-state index contributed by atoms with van der Waals surface area (Å²) in [5, 5.41) is 2.71. The van der Waals surface area contributed by atoms with Crippen molar-refractivity contribution in [3.63, 3.8) is 0 Å². The molecule has 0 radical (unpaired) electrons. The number of ether oxygens (including phenoxy) is 2. The highest BCUT2D eigenvalue weighted by molar-refractivity contribution is 7.16. The van der Waals surface area contributed by atoms with Crippen molar-refractivity contribution in [3.05, 3.63) is 17.8 Å². The monoisotopic (exact) mass is 253 g/mol. The van der Waals surface area contributed by atoms with Gasteiger partial charge in [-0.05, 0) is 11.4 Å². The molecule has 0 spiro atoms. The Morgan fingerprint density at radius 3 is 3.18 bits per heavy atom. The van der Waals surface area contributed by atoms with Gasteiger partial charge in [0, 0.05) is 0 Å². The number of nitrogens with two attached hydrogens (primary N) is 1. The molecule has 0 amide bonds. The molecule has 17 heavy (non-hydrogen) atoms. The van der Waals surface area contributed by atoms with Crippen LogP contribution in [0.15, 0.2) is 17.8 Å². The van der Waals surface area contributed by atoms with E-state index < -0.39 is 12.0 Å². The van der Waals surface area contributed by atoms with Crippen molar-refractivity contribution in [2.45, 2.75) is 6.04 Å². The Hall–Kier alpha value is -1.73. The predicted octanol–water partition coefficient (Wildman–Crippen LogP) is 0.570. The Labute approximate surface area is 101 Å². The van der Waals surface area contributed by atoms with E-state index in [0.717, 1.165) is 10.2 Å². The molecule has 0 aliphatic heterocycles.